The summed E-state index contributed by atoms with van der Waals surface area (Å²) < 4.78 is 0.790. The minimum Gasteiger partial charge on any atom is -0.351 e. The molecule has 2 aromatic rings. The Balaban J connectivity index is 1.65. The molecule has 0 fully saturated rings. The molecule has 1 amide bonds. The Labute approximate surface area is 125 Å². The molecule has 0 saturated carbocycles. The van der Waals surface area contributed by atoms with Crippen molar-refractivity contribution >= 4 is 40.6 Å². The van der Waals surface area contributed by atoms with Crippen molar-refractivity contribution in [2.24, 2.45) is 0 Å². The number of carbonyl (C=O) groups is 1. The van der Waals surface area contributed by atoms with Crippen LogP contribution in [0, 0.1) is 0 Å². The van der Waals surface area contributed by atoms with E-state index in [2.05, 4.69) is 10.3 Å². The SMILES string of the molecule is O=C(CSCc1ccc(Cl)s1)NCc1ccncc1. The lowest BCUT2D eigenvalue weighted by atomic mass is 10.3. The second-order valence-electron chi connectivity index (χ2n) is 3.83. The molecule has 0 aliphatic carbocycles. The number of hydrogen-bond acceptors (Lipinski definition) is 4. The Morgan fingerprint density at radius 1 is 1.32 bits per heavy atom. The van der Waals surface area contributed by atoms with Gasteiger partial charge in [-0.1, -0.05) is 11.6 Å². The second-order valence-corrected chi connectivity index (χ2v) is 6.62. The molecule has 6 heteroatoms. The van der Waals surface area contributed by atoms with Crippen molar-refractivity contribution in [1.82, 2.24) is 10.3 Å². The standard InChI is InChI=1S/C13H13ClN2OS2/c14-12-2-1-11(19-12)8-18-9-13(17)16-7-10-3-5-15-6-4-10/h1-6H,7-9H2,(H,16,17). The first-order valence-electron chi connectivity index (χ1n) is 5.71. The van der Waals surface area contributed by atoms with Crippen LogP contribution in [0.4, 0.5) is 0 Å². The van der Waals surface area contributed by atoms with Gasteiger partial charge in [-0.05, 0) is 29.8 Å². The van der Waals surface area contributed by atoms with E-state index in [9.17, 15) is 4.79 Å². The normalized spacial score (nSPS) is 10.4. The van der Waals surface area contributed by atoms with E-state index < -0.39 is 0 Å². The van der Waals surface area contributed by atoms with E-state index in [0.717, 1.165) is 15.7 Å². The molecule has 1 N–H and O–H groups in total. The zero-order valence-corrected chi connectivity index (χ0v) is 12.5. The number of thioether (sulfide) groups is 1. The highest BCUT2D eigenvalue weighted by atomic mass is 35.5. The number of nitrogens with one attached hydrogen (secondary N) is 1. The van der Waals surface area contributed by atoms with Crippen LogP contribution in [-0.4, -0.2) is 16.6 Å². The molecule has 3 nitrogen and oxygen atoms in total. The van der Waals surface area contributed by atoms with Crippen LogP contribution in [0.25, 0.3) is 0 Å². The molecule has 0 bridgehead atoms. The van der Waals surface area contributed by atoms with Crippen molar-refractivity contribution in [3.05, 3.63) is 51.4 Å². The summed E-state index contributed by atoms with van der Waals surface area (Å²) >= 11 is 8.99. The van der Waals surface area contributed by atoms with Gasteiger partial charge in [-0.2, -0.15) is 0 Å². The van der Waals surface area contributed by atoms with E-state index >= 15 is 0 Å². The fraction of sp³-hybridized carbons (Fsp3) is 0.231. The van der Waals surface area contributed by atoms with Crippen LogP contribution in [0.1, 0.15) is 10.4 Å². The topological polar surface area (TPSA) is 42.0 Å². The van der Waals surface area contributed by atoms with Gasteiger partial charge in [0.15, 0.2) is 0 Å². The average molecular weight is 313 g/mol. The molecule has 0 aromatic carbocycles. The molecule has 0 saturated heterocycles. The van der Waals surface area contributed by atoms with Crippen LogP contribution in [-0.2, 0) is 17.1 Å². The third-order valence-electron chi connectivity index (χ3n) is 2.35. The summed E-state index contributed by atoms with van der Waals surface area (Å²) in [6, 6.07) is 7.66. The van der Waals surface area contributed by atoms with Gasteiger partial charge < -0.3 is 5.32 Å². The number of nitrogens with zero attached hydrogens (tertiary/aromatic N) is 1. The van der Waals surface area contributed by atoms with Gasteiger partial charge in [0.1, 0.15) is 0 Å². The largest absolute Gasteiger partial charge is 0.351 e. The van der Waals surface area contributed by atoms with Gasteiger partial charge in [0.05, 0.1) is 10.1 Å². The molecule has 2 heterocycles. The first kappa shape index (κ1) is 14.4. The van der Waals surface area contributed by atoms with E-state index in [1.54, 1.807) is 35.5 Å². The first-order valence-corrected chi connectivity index (χ1v) is 8.06. The fourth-order valence-corrected chi connectivity index (χ4v) is 3.48. The molecule has 19 heavy (non-hydrogen) atoms. The summed E-state index contributed by atoms with van der Waals surface area (Å²) in [7, 11) is 0. The predicted molar refractivity (Wildman–Crippen MR) is 81.6 cm³/mol. The van der Waals surface area contributed by atoms with Crippen LogP contribution in [0.15, 0.2) is 36.7 Å². The van der Waals surface area contributed by atoms with E-state index in [-0.39, 0.29) is 5.91 Å². The van der Waals surface area contributed by atoms with Gasteiger partial charge in [-0.25, -0.2) is 0 Å². The highest BCUT2D eigenvalue weighted by Crippen LogP contribution is 2.24. The highest BCUT2D eigenvalue weighted by molar-refractivity contribution is 7.99. The molecule has 0 aliphatic rings. The molecule has 0 spiro atoms. The number of aromatic nitrogens is 1. The number of amides is 1. The minimum absolute atomic E-state index is 0.0458. The minimum atomic E-state index is 0.0458. The summed E-state index contributed by atoms with van der Waals surface area (Å²) in [6.07, 6.45) is 3.44. The number of thiophene rings is 1. The molecule has 100 valence electrons. The van der Waals surface area contributed by atoms with Crippen LogP contribution in [0.2, 0.25) is 4.34 Å². The maximum atomic E-state index is 11.6. The number of carbonyl (C=O) groups excluding carboxylic acids is 1. The van der Waals surface area contributed by atoms with Gasteiger partial charge >= 0.3 is 0 Å². The quantitative estimate of drug-likeness (QED) is 0.889. The Morgan fingerprint density at radius 2 is 2.11 bits per heavy atom. The van der Waals surface area contributed by atoms with Crippen molar-refractivity contribution in [1.29, 1.82) is 0 Å². The highest BCUT2D eigenvalue weighted by Gasteiger charge is 2.03. The Kier molecular flexibility index (Phi) is 5.69. The van der Waals surface area contributed by atoms with Crippen molar-refractivity contribution < 1.29 is 4.79 Å². The molecular formula is C13H13ClN2OS2. The predicted octanol–water partition coefficient (Wildman–Crippen LogP) is 3.35. The Morgan fingerprint density at radius 3 is 2.79 bits per heavy atom. The Bertz CT molecular complexity index is 530. The van der Waals surface area contributed by atoms with E-state index in [1.165, 1.54) is 4.88 Å². The van der Waals surface area contributed by atoms with Gasteiger partial charge in [0.2, 0.25) is 5.91 Å². The number of rotatable bonds is 6. The maximum absolute atomic E-state index is 11.6. The molecule has 0 radical (unpaired) electrons. The summed E-state index contributed by atoms with van der Waals surface area (Å²) in [4.78, 5) is 16.8. The van der Waals surface area contributed by atoms with Crippen molar-refractivity contribution in [2.75, 3.05) is 5.75 Å². The zero-order valence-electron chi connectivity index (χ0n) is 10.1. The maximum Gasteiger partial charge on any atom is 0.230 e. The summed E-state index contributed by atoms with van der Waals surface area (Å²) in [5, 5.41) is 2.88. The number of halogens is 1. The first-order chi connectivity index (χ1) is 9.24. The van der Waals surface area contributed by atoms with Gasteiger partial charge in [-0.3, -0.25) is 9.78 Å². The average Bonchev–Trinajstić information content (AvgIpc) is 2.83. The van der Waals surface area contributed by atoms with Gasteiger partial charge in [0, 0.05) is 29.6 Å². The van der Waals surface area contributed by atoms with Crippen LogP contribution >= 0.6 is 34.7 Å². The van der Waals surface area contributed by atoms with Crippen LogP contribution < -0.4 is 5.32 Å². The summed E-state index contributed by atoms with van der Waals surface area (Å²) in [5.74, 6) is 1.32. The van der Waals surface area contributed by atoms with E-state index in [1.807, 2.05) is 24.3 Å². The van der Waals surface area contributed by atoms with Gasteiger partial charge in [-0.15, -0.1) is 23.1 Å². The lowest BCUT2D eigenvalue weighted by molar-refractivity contribution is -0.118. The number of pyridine rings is 1. The molecular weight excluding hydrogens is 300 g/mol. The van der Waals surface area contributed by atoms with Gasteiger partial charge in [0.25, 0.3) is 0 Å². The van der Waals surface area contributed by atoms with E-state index in [0.29, 0.717) is 12.3 Å². The molecule has 0 aliphatic heterocycles. The fourth-order valence-electron chi connectivity index (χ4n) is 1.43. The number of hydrogen-bond donors (Lipinski definition) is 1. The monoisotopic (exact) mass is 312 g/mol. The third kappa shape index (κ3) is 5.22. The Hall–Kier alpha value is -1.04. The molecule has 0 atom stereocenters. The zero-order chi connectivity index (χ0) is 13.5. The van der Waals surface area contributed by atoms with Crippen molar-refractivity contribution in [3.8, 4) is 0 Å². The molecule has 2 aromatic heterocycles. The molecule has 0 unspecified atom stereocenters. The van der Waals surface area contributed by atoms with E-state index in [4.69, 9.17) is 11.6 Å². The lowest BCUT2D eigenvalue weighted by Crippen LogP contribution is -2.24. The van der Waals surface area contributed by atoms with Crippen LogP contribution in [0.3, 0.4) is 0 Å². The lowest BCUT2D eigenvalue weighted by Gasteiger charge is -2.04. The smallest absolute Gasteiger partial charge is 0.230 e. The molecule has 2 rings (SSSR count). The van der Waals surface area contributed by atoms with Crippen molar-refractivity contribution in [3.63, 3.8) is 0 Å². The second kappa shape index (κ2) is 7.53. The summed E-state index contributed by atoms with van der Waals surface area (Å²) in [6.45, 7) is 0.548. The third-order valence-corrected chi connectivity index (χ3v) is 4.74. The van der Waals surface area contributed by atoms with Crippen LogP contribution in [0.5, 0.6) is 0 Å². The summed E-state index contributed by atoms with van der Waals surface area (Å²) in [5.41, 5.74) is 1.05. The van der Waals surface area contributed by atoms with Crippen molar-refractivity contribution in [2.45, 2.75) is 12.3 Å².